The Morgan fingerprint density at radius 2 is 2.50 bits per heavy atom. The minimum absolute atomic E-state index is 0.310. The number of ether oxygens (including phenoxy) is 1. The Balaban J connectivity index is 2.00. The molecule has 1 aromatic rings. The third-order valence-corrected chi connectivity index (χ3v) is 3.08. The summed E-state index contributed by atoms with van der Waals surface area (Å²) in [5.41, 5.74) is 1.22. The lowest BCUT2D eigenvalue weighted by Gasteiger charge is -2.11. The number of rotatable bonds is 4. The van der Waals surface area contributed by atoms with E-state index in [9.17, 15) is 4.79 Å². The molecule has 0 amide bonds. The van der Waals surface area contributed by atoms with E-state index in [0.717, 1.165) is 38.0 Å². The first-order valence-corrected chi connectivity index (χ1v) is 5.69. The van der Waals surface area contributed by atoms with Gasteiger partial charge in [0.25, 0.3) is 0 Å². The Kier molecular flexibility index (Phi) is 3.29. The van der Waals surface area contributed by atoms with Crippen LogP contribution in [-0.2, 0) is 11.3 Å². The van der Waals surface area contributed by atoms with Crippen molar-refractivity contribution in [2.75, 3.05) is 6.61 Å². The van der Waals surface area contributed by atoms with Crippen LogP contribution in [0.25, 0.3) is 0 Å². The molecule has 2 rings (SSSR count). The molecular formula is C12H17NO3. The number of carboxylic acid groups (broad SMARTS) is 1. The zero-order valence-electron chi connectivity index (χ0n) is 9.48. The van der Waals surface area contributed by atoms with Crippen molar-refractivity contribution >= 4 is 5.97 Å². The first-order chi connectivity index (χ1) is 7.68. The summed E-state index contributed by atoms with van der Waals surface area (Å²) in [5.74, 6) is -0.852. The molecule has 0 spiro atoms. The van der Waals surface area contributed by atoms with Gasteiger partial charge < -0.3 is 14.4 Å². The fraction of sp³-hybridized carbons (Fsp3) is 0.583. The van der Waals surface area contributed by atoms with Gasteiger partial charge in [-0.2, -0.15) is 0 Å². The van der Waals surface area contributed by atoms with Crippen molar-refractivity contribution in [2.45, 2.75) is 38.8 Å². The Morgan fingerprint density at radius 1 is 1.69 bits per heavy atom. The van der Waals surface area contributed by atoms with Gasteiger partial charge in [-0.15, -0.1) is 0 Å². The molecule has 0 aromatic carbocycles. The highest BCUT2D eigenvalue weighted by atomic mass is 16.5. The molecule has 1 saturated heterocycles. The van der Waals surface area contributed by atoms with Gasteiger partial charge in [-0.25, -0.2) is 4.79 Å². The minimum atomic E-state index is -0.852. The predicted octanol–water partition coefficient (Wildman–Crippen LogP) is 2.06. The quantitative estimate of drug-likeness (QED) is 0.850. The Morgan fingerprint density at radius 3 is 3.12 bits per heavy atom. The summed E-state index contributed by atoms with van der Waals surface area (Å²) in [6.45, 7) is 3.40. The van der Waals surface area contributed by atoms with Gasteiger partial charge >= 0.3 is 5.97 Å². The Labute approximate surface area is 94.8 Å². The lowest BCUT2D eigenvalue weighted by atomic mass is 10.2. The summed E-state index contributed by atoms with van der Waals surface area (Å²) >= 11 is 0. The first-order valence-electron chi connectivity index (χ1n) is 5.69. The predicted molar refractivity (Wildman–Crippen MR) is 59.7 cm³/mol. The molecule has 1 fully saturated rings. The molecule has 0 aliphatic carbocycles. The monoisotopic (exact) mass is 223 g/mol. The molecule has 88 valence electrons. The number of aryl methyl sites for hydroxylation is 2. The molecule has 2 heterocycles. The van der Waals surface area contributed by atoms with Gasteiger partial charge in [-0.05, 0) is 37.8 Å². The summed E-state index contributed by atoms with van der Waals surface area (Å²) in [5, 5.41) is 9.08. The van der Waals surface area contributed by atoms with E-state index in [1.807, 2.05) is 19.2 Å². The van der Waals surface area contributed by atoms with Crippen LogP contribution in [0.5, 0.6) is 0 Å². The normalized spacial score (nSPS) is 20.2. The molecule has 16 heavy (non-hydrogen) atoms. The van der Waals surface area contributed by atoms with E-state index in [2.05, 4.69) is 0 Å². The lowest BCUT2D eigenvalue weighted by Crippen LogP contribution is -2.14. The topological polar surface area (TPSA) is 51.5 Å². The van der Waals surface area contributed by atoms with Crippen molar-refractivity contribution in [3.63, 3.8) is 0 Å². The SMILES string of the molecule is Cc1ccn(CCC2CCCO2)c1C(=O)O. The van der Waals surface area contributed by atoms with Crippen LogP contribution in [0.3, 0.4) is 0 Å². The van der Waals surface area contributed by atoms with Gasteiger partial charge in [0.1, 0.15) is 5.69 Å². The Hall–Kier alpha value is -1.29. The second kappa shape index (κ2) is 4.70. The van der Waals surface area contributed by atoms with E-state index >= 15 is 0 Å². The van der Waals surface area contributed by atoms with Crippen molar-refractivity contribution < 1.29 is 14.6 Å². The third-order valence-electron chi connectivity index (χ3n) is 3.08. The maximum absolute atomic E-state index is 11.0. The molecule has 4 nitrogen and oxygen atoms in total. The van der Waals surface area contributed by atoms with E-state index in [0.29, 0.717) is 11.8 Å². The van der Waals surface area contributed by atoms with Crippen LogP contribution in [0.4, 0.5) is 0 Å². The average molecular weight is 223 g/mol. The zero-order valence-corrected chi connectivity index (χ0v) is 9.48. The number of aromatic nitrogens is 1. The van der Waals surface area contributed by atoms with Crippen LogP contribution in [0, 0.1) is 6.92 Å². The highest BCUT2D eigenvalue weighted by molar-refractivity contribution is 5.87. The van der Waals surface area contributed by atoms with Crippen LogP contribution in [0.1, 0.15) is 35.3 Å². The van der Waals surface area contributed by atoms with Crippen molar-refractivity contribution in [3.8, 4) is 0 Å². The molecule has 1 aliphatic heterocycles. The minimum Gasteiger partial charge on any atom is -0.477 e. The molecule has 1 aromatic heterocycles. The van der Waals surface area contributed by atoms with E-state index in [1.54, 1.807) is 4.57 Å². The Bertz CT molecular complexity index is 378. The summed E-state index contributed by atoms with van der Waals surface area (Å²) in [6.07, 6.45) is 5.27. The molecule has 0 bridgehead atoms. The fourth-order valence-electron chi connectivity index (χ4n) is 2.21. The van der Waals surface area contributed by atoms with Crippen molar-refractivity contribution in [1.82, 2.24) is 4.57 Å². The first kappa shape index (κ1) is 11.2. The largest absolute Gasteiger partial charge is 0.477 e. The molecule has 1 unspecified atom stereocenters. The van der Waals surface area contributed by atoms with Gasteiger partial charge in [0.05, 0.1) is 6.10 Å². The highest BCUT2D eigenvalue weighted by Gasteiger charge is 2.17. The number of hydrogen-bond donors (Lipinski definition) is 1. The molecule has 0 saturated carbocycles. The number of aromatic carboxylic acids is 1. The van der Waals surface area contributed by atoms with Gasteiger partial charge in [-0.1, -0.05) is 0 Å². The van der Waals surface area contributed by atoms with E-state index in [-0.39, 0.29) is 0 Å². The smallest absolute Gasteiger partial charge is 0.352 e. The lowest BCUT2D eigenvalue weighted by molar-refractivity contribution is 0.0679. The summed E-state index contributed by atoms with van der Waals surface area (Å²) in [7, 11) is 0. The molecular weight excluding hydrogens is 206 g/mol. The standard InChI is InChI=1S/C12H17NO3/c1-9-4-6-13(11(9)12(14)15)7-5-10-3-2-8-16-10/h4,6,10H,2-3,5,7-8H2,1H3,(H,14,15). The van der Waals surface area contributed by atoms with Crippen LogP contribution < -0.4 is 0 Å². The molecule has 1 atom stereocenters. The highest BCUT2D eigenvalue weighted by Crippen LogP contribution is 2.18. The molecule has 0 radical (unpaired) electrons. The second-order valence-electron chi connectivity index (χ2n) is 4.27. The van der Waals surface area contributed by atoms with Crippen LogP contribution in [0.15, 0.2) is 12.3 Å². The molecule has 1 N–H and O–H groups in total. The van der Waals surface area contributed by atoms with E-state index < -0.39 is 5.97 Å². The average Bonchev–Trinajstić information content (AvgIpc) is 2.83. The van der Waals surface area contributed by atoms with Gasteiger partial charge in [0, 0.05) is 19.3 Å². The third kappa shape index (κ3) is 2.27. The number of carboxylic acids is 1. The van der Waals surface area contributed by atoms with E-state index in [4.69, 9.17) is 9.84 Å². The number of carbonyl (C=O) groups is 1. The van der Waals surface area contributed by atoms with Crippen LogP contribution >= 0.6 is 0 Å². The summed E-state index contributed by atoms with van der Waals surface area (Å²) in [4.78, 5) is 11.0. The molecule has 4 heteroatoms. The second-order valence-corrected chi connectivity index (χ2v) is 4.27. The van der Waals surface area contributed by atoms with Crippen LogP contribution in [-0.4, -0.2) is 28.4 Å². The van der Waals surface area contributed by atoms with Crippen molar-refractivity contribution in [1.29, 1.82) is 0 Å². The van der Waals surface area contributed by atoms with Gasteiger partial charge in [0.2, 0.25) is 0 Å². The number of hydrogen-bond acceptors (Lipinski definition) is 2. The summed E-state index contributed by atoms with van der Waals surface area (Å²) in [6, 6.07) is 1.85. The van der Waals surface area contributed by atoms with Gasteiger partial charge in [-0.3, -0.25) is 0 Å². The van der Waals surface area contributed by atoms with Gasteiger partial charge in [0.15, 0.2) is 0 Å². The molecule has 1 aliphatic rings. The summed E-state index contributed by atoms with van der Waals surface area (Å²) < 4.78 is 7.33. The van der Waals surface area contributed by atoms with Crippen LogP contribution in [0.2, 0.25) is 0 Å². The van der Waals surface area contributed by atoms with Crippen molar-refractivity contribution in [3.05, 3.63) is 23.5 Å². The zero-order chi connectivity index (χ0) is 11.5. The number of nitrogens with zero attached hydrogens (tertiary/aromatic N) is 1. The fourth-order valence-corrected chi connectivity index (χ4v) is 2.21. The van der Waals surface area contributed by atoms with Crippen molar-refractivity contribution in [2.24, 2.45) is 0 Å². The van der Waals surface area contributed by atoms with E-state index in [1.165, 1.54) is 0 Å². The maximum atomic E-state index is 11.0. The maximum Gasteiger partial charge on any atom is 0.352 e.